The molecule has 0 aliphatic heterocycles. The van der Waals surface area contributed by atoms with Gasteiger partial charge in [0.05, 0.1) is 0 Å². The van der Waals surface area contributed by atoms with E-state index in [4.69, 9.17) is 0 Å². The van der Waals surface area contributed by atoms with Crippen molar-refractivity contribution >= 4 is 0 Å². The highest BCUT2D eigenvalue weighted by Gasteiger charge is 2.19. The molecule has 0 rings (SSSR count). The van der Waals surface area contributed by atoms with Gasteiger partial charge >= 0.3 is 0 Å². The Morgan fingerprint density at radius 3 is 1.93 bits per heavy atom. The molecular weight excluding hydrogens is 170 g/mol. The lowest BCUT2D eigenvalue weighted by Crippen LogP contribution is -2.24. The summed E-state index contributed by atoms with van der Waals surface area (Å²) in [7, 11) is 4.34. The van der Waals surface area contributed by atoms with Crippen LogP contribution in [0.15, 0.2) is 0 Å². The molecule has 0 saturated heterocycles. The summed E-state index contributed by atoms with van der Waals surface area (Å²) in [6, 6.07) is 0. The van der Waals surface area contributed by atoms with Gasteiger partial charge in [0.25, 0.3) is 0 Å². The minimum atomic E-state index is 0.830. The van der Waals surface area contributed by atoms with Crippen LogP contribution in [-0.2, 0) is 0 Å². The predicted octanol–water partition coefficient (Wildman–Crippen LogP) is 3.65. The van der Waals surface area contributed by atoms with Crippen molar-refractivity contribution in [3.8, 4) is 0 Å². The van der Waals surface area contributed by atoms with Gasteiger partial charge in [0, 0.05) is 0 Å². The van der Waals surface area contributed by atoms with Gasteiger partial charge < -0.3 is 4.90 Å². The highest BCUT2D eigenvalue weighted by atomic mass is 15.0. The maximum atomic E-state index is 2.42. The molecule has 2 atom stereocenters. The molecule has 14 heavy (non-hydrogen) atoms. The van der Waals surface area contributed by atoms with Gasteiger partial charge in [-0.15, -0.1) is 0 Å². The summed E-state index contributed by atoms with van der Waals surface area (Å²) in [6.07, 6.45) is 4.06. The molecule has 0 aromatic heterocycles. The fourth-order valence-corrected chi connectivity index (χ4v) is 2.35. The molecule has 0 saturated carbocycles. The second kappa shape index (κ2) is 7.28. The Hall–Kier alpha value is -0.0400. The first-order valence-electron chi connectivity index (χ1n) is 6.13. The third-order valence-electron chi connectivity index (χ3n) is 3.24. The maximum absolute atomic E-state index is 2.42. The van der Waals surface area contributed by atoms with E-state index in [9.17, 15) is 0 Å². The monoisotopic (exact) mass is 199 g/mol. The van der Waals surface area contributed by atoms with Crippen molar-refractivity contribution in [2.45, 2.75) is 47.0 Å². The predicted molar refractivity (Wildman–Crippen MR) is 65.6 cm³/mol. The van der Waals surface area contributed by atoms with E-state index in [1.54, 1.807) is 0 Å². The Morgan fingerprint density at radius 1 is 1.00 bits per heavy atom. The van der Waals surface area contributed by atoms with Crippen LogP contribution in [0.2, 0.25) is 0 Å². The summed E-state index contributed by atoms with van der Waals surface area (Å²) < 4.78 is 0. The number of hydrogen-bond donors (Lipinski definition) is 0. The SMILES string of the molecule is CCC[C@@H](C)C(CCN(C)C)C(C)C. The summed E-state index contributed by atoms with van der Waals surface area (Å²) in [5, 5.41) is 0. The van der Waals surface area contributed by atoms with E-state index in [1.807, 2.05) is 0 Å². The largest absolute Gasteiger partial charge is 0.309 e. The van der Waals surface area contributed by atoms with Crippen LogP contribution in [-0.4, -0.2) is 25.5 Å². The summed E-state index contributed by atoms with van der Waals surface area (Å²) in [4.78, 5) is 2.30. The number of hydrogen-bond acceptors (Lipinski definition) is 1. The fraction of sp³-hybridized carbons (Fsp3) is 1.00. The molecule has 1 heteroatoms. The van der Waals surface area contributed by atoms with Gasteiger partial charge in [0.15, 0.2) is 0 Å². The van der Waals surface area contributed by atoms with E-state index in [2.05, 4.69) is 46.7 Å². The van der Waals surface area contributed by atoms with Gasteiger partial charge in [0.1, 0.15) is 0 Å². The molecule has 0 radical (unpaired) electrons. The molecule has 0 aromatic carbocycles. The smallest absolute Gasteiger partial charge is 0.00220 e. The maximum Gasteiger partial charge on any atom is -0.00220 e. The van der Waals surface area contributed by atoms with Crippen molar-refractivity contribution in [3.63, 3.8) is 0 Å². The molecule has 86 valence electrons. The van der Waals surface area contributed by atoms with Gasteiger partial charge in [-0.1, -0.05) is 40.5 Å². The summed E-state index contributed by atoms with van der Waals surface area (Å²) >= 11 is 0. The standard InChI is InChI=1S/C13H29N/c1-7-8-12(4)13(11(2)3)9-10-14(5)6/h11-13H,7-10H2,1-6H3/t12-,13?/m1/s1. The molecule has 1 unspecified atom stereocenters. The Morgan fingerprint density at radius 2 is 1.57 bits per heavy atom. The second-order valence-electron chi connectivity index (χ2n) is 5.27. The second-order valence-corrected chi connectivity index (χ2v) is 5.27. The minimum Gasteiger partial charge on any atom is -0.309 e. The molecule has 0 amide bonds. The number of rotatable bonds is 7. The summed E-state index contributed by atoms with van der Waals surface area (Å²) in [5.74, 6) is 2.62. The van der Waals surface area contributed by atoms with Crippen molar-refractivity contribution in [2.24, 2.45) is 17.8 Å². The van der Waals surface area contributed by atoms with Gasteiger partial charge in [0.2, 0.25) is 0 Å². The van der Waals surface area contributed by atoms with E-state index in [1.165, 1.54) is 25.8 Å². The molecule has 0 aliphatic carbocycles. The van der Waals surface area contributed by atoms with Crippen molar-refractivity contribution in [3.05, 3.63) is 0 Å². The lowest BCUT2D eigenvalue weighted by atomic mass is 9.80. The van der Waals surface area contributed by atoms with Gasteiger partial charge in [-0.05, 0) is 44.8 Å². The highest BCUT2D eigenvalue weighted by molar-refractivity contribution is 4.70. The van der Waals surface area contributed by atoms with Crippen molar-refractivity contribution in [2.75, 3.05) is 20.6 Å². The van der Waals surface area contributed by atoms with Crippen LogP contribution in [0, 0.1) is 17.8 Å². The van der Waals surface area contributed by atoms with Crippen LogP contribution in [0.25, 0.3) is 0 Å². The topological polar surface area (TPSA) is 3.24 Å². The van der Waals surface area contributed by atoms with E-state index >= 15 is 0 Å². The minimum absolute atomic E-state index is 0.830. The molecule has 0 N–H and O–H groups in total. The van der Waals surface area contributed by atoms with Crippen LogP contribution in [0.4, 0.5) is 0 Å². The van der Waals surface area contributed by atoms with Crippen molar-refractivity contribution in [1.29, 1.82) is 0 Å². The third kappa shape index (κ3) is 5.64. The molecule has 0 aromatic rings. The molecule has 0 spiro atoms. The lowest BCUT2D eigenvalue weighted by Gasteiger charge is -2.28. The van der Waals surface area contributed by atoms with E-state index < -0.39 is 0 Å². The first-order chi connectivity index (χ1) is 6.49. The van der Waals surface area contributed by atoms with E-state index in [-0.39, 0.29) is 0 Å². The Kier molecular flexibility index (Phi) is 7.26. The molecule has 0 aliphatic rings. The zero-order valence-corrected chi connectivity index (χ0v) is 11.0. The lowest BCUT2D eigenvalue weighted by molar-refractivity contribution is 0.216. The van der Waals surface area contributed by atoms with Crippen LogP contribution in [0.3, 0.4) is 0 Å². The third-order valence-corrected chi connectivity index (χ3v) is 3.24. The van der Waals surface area contributed by atoms with Crippen LogP contribution >= 0.6 is 0 Å². The highest BCUT2D eigenvalue weighted by Crippen LogP contribution is 2.27. The van der Waals surface area contributed by atoms with Gasteiger partial charge in [-0.25, -0.2) is 0 Å². The molecular formula is C13H29N. The van der Waals surface area contributed by atoms with Crippen LogP contribution in [0.5, 0.6) is 0 Å². The zero-order chi connectivity index (χ0) is 11.1. The number of nitrogens with zero attached hydrogens (tertiary/aromatic N) is 1. The Labute approximate surface area is 90.9 Å². The quantitative estimate of drug-likeness (QED) is 0.605. The molecule has 0 bridgehead atoms. The average Bonchev–Trinajstić information content (AvgIpc) is 2.03. The van der Waals surface area contributed by atoms with Crippen LogP contribution < -0.4 is 0 Å². The zero-order valence-electron chi connectivity index (χ0n) is 11.0. The first-order valence-corrected chi connectivity index (χ1v) is 6.13. The van der Waals surface area contributed by atoms with Crippen molar-refractivity contribution < 1.29 is 0 Å². The Bertz CT molecular complexity index is 129. The van der Waals surface area contributed by atoms with Gasteiger partial charge in [-0.2, -0.15) is 0 Å². The summed E-state index contributed by atoms with van der Waals surface area (Å²) in [6.45, 7) is 10.7. The van der Waals surface area contributed by atoms with Gasteiger partial charge in [-0.3, -0.25) is 0 Å². The molecule has 1 nitrogen and oxygen atoms in total. The summed E-state index contributed by atoms with van der Waals surface area (Å²) in [5.41, 5.74) is 0. The van der Waals surface area contributed by atoms with Crippen LogP contribution in [0.1, 0.15) is 47.0 Å². The fourth-order valence-electron chi connectivity index (χ4n) is 2.35. The first kappa shape index (κ1) is 14.0. The van der Waals surface area contributed by atoms with Crippen molar-refractivity contribution in [1.82, 2.24) is 4.90 Å². The Balaban J connectivity index is 4.00. The van der Waals surface area contributed by atoms with E-state index in [0.29, 0.717) is 0 Å². The normalized spacial score (nSPS) is 16.3. The average molecular weight is 199 g/mol. The molecule has 0 heterocycles. The van der Waals surface area contributed by atoms with E-state index in [0.717, 1.165) is 17.8 Å². The molecule has 0 fully saturated rings.